The molecule has 5 nitrogen and oxygen atoms in total. The lowest BCUT2D eigenvalue weighted by atomic mass is 10.0. The summed E-state index contributed by atoms with van der Waals surface area (Å²) in [6.45, 7) is 2.60. The molecule has 1 atom stereocenters. The van der Waals surface area contributed by atoms with Gasteiger partial charge in [0.15, 0.2) is 11.5 Å². The van der Waals surface area contributed by atoms with E-state index in [1.54, 1.807) is 14.2 Å². The predicted octanol–water partition coefficient (Wildman–Crippen LogP) is 3.85. The van der Waals surface area contributed by atoms with Crippen molar-refractivity contribution < 1.29 is 14.3 Å². The summed E-state index contributed by atoms with van der Waals surface area (Å²) in [5.41, 5.74) is 1.95. The molecule has 1 aliphatic heterocycles. The Labute approximate surface area is 171 Å². The monoisotopic (exact) mass is 402 g/mol. The Morgan fingerprint density at radius 3 is 2.50 bits per heavy atom. The highest BCUT2D eigenvalue weighted by Crippen LogP contribution is 2.30. The first-order valence-corrected chi connectivity index (χ1v) is 9.96. The highest BCUT2D eigenvalue weighted by Gasteiger charge is 2.25. The Bertz CT molecular complexity index is 806. The third-order valence-electron chi connectivity index (χ3n) is 5.15. The maximum Gasteiger partial charge on any atom is 0.224 e. The third kappa shape index (κ3) is 4.97. The van der Waals surface area contributed by atoms with E-state index in [1.165, 1.54) is 12.8 Å². The Kier molecular flexibility index (Phi) is 7.18. The van der Waals surface area contributed by atoms with Crippen LogP contribution in [-0.4, -0.2) is 44.7 Å². The number of nitrogens with one attached hydrogen (secondary N) is 1. The van der Waals surface area contributed by atoms with Crippen LogP contribution in [0.5, 0.6) is 11.5 Å². The fourth-order valence-electron chi connectivity index (χ4n) is 3.68. The second-order valence-corrected chi connectivity index (χ2v) is 7.36. The van der Waals surface area contributed by atoms with Crippen LogP contribution in [0, 0.1) is 0 Å². The van der Waals surface area contributed by atoms with Gasteiger partial charge in [-0.2, -0.15) is 0 Å². The molecule has 0 bridgehead atoms. The van der Waals surface area contributed by atoms with Crippen molar-refractivity contribution in [3.63, 3.8) is 0 Å². The van der Waals surface area contributed by atoms with Crippen molar-refractivity contribution in [1.82, 2.24) is 10.2 Å². The standard InChI is InChI=1S/C22H27ClN2O3/c1-27-20-10-9-16(13-21(20)28-2)14-22(26)24-15-19(25-11-5-6-12-25)17-7-3-4-8-18(17)23/h3-4,7-10,13,19H,5-6,11-12,14-15H2,1-2H3,(H,24,26). The van der Waals surface area contributed by atoms with Crippen molar-refractivity contribution in [2.24, 2.45) is 0 Å². The van der Waals surface area contributed by atoms with Crippen LogP contribution < -0.4 is 14.8 Å². The van der Waals surface area contributed by atoms with Crippen LogP contribution >= 0.6 is 11.6 Å². The number of likely N-dealkylation sites (tertiary alicyclic amines) is 1. The minimum Gasteiger partial charge on any atom is -0.493 e. The molecule has 1 N–H and O–H groups in total. The van der Waals surface area contributed by atoms with Gasteiger partial charge in [-0.3, -0.25) is 9.69 Å². The second kappa shape index (κ2) is 9.80. The van der Waals surface area contributed by atoms with Crippen LogP contribution in [0.3, 0.4) is 0 Å². The summed E-state index contributed by atoms with van der Waals surface area (Å²) in [5, 5.41) is 3.83. The Morgan fingerprint density at radius 2 is 1.82 bits per heavy atom. The largest absolute Gasteiger partial charge is 0.493 e. The Balaban J connectivity index is 1.66. The first-order chi connectivity index (χ1) is 13.6. The van der Waals surface area contributed by atoms with Crippen LogP contribution in [0.4, 0.5) is 0 Å². The number of rotatable bonds is 8. The van der Waals surface area contributed by atoms with E-state index in [2.05, 4.69) is 10.2 Å². The van der Waals surface area contributed by atoms with Crippen molar-refractivity contribution in [2.75, 3.05) is 33.9 Å². The van der Waals surface area contributed by atoms with Crippen molar-refractivity contribution in [3.8, 4) is 11.5 Å². The number of methoxy groups -OCH3 is 2. The molecular weight excluding hydrogens is 376 g/mol. The average Bonchev–Trinajstić information content (AvgIpc) is 3.24. The van der Waals surface area contributed by atoms with E-state index < -0.39 is 0 Å². The molecule has 0 spiro atoms. The predicted molar refractivity (Wildman–Crippen MR) is 111 cm³/mol. The maximum atomic E-state index is 12.6. The molecule has 2 aromatic carbocycles. The van der Waals surface area contributed by atoms with Gasteiger partial charge in [-0.1, -0.05) is 35.9 Å². The molecule has 1 aliphatic rings. The molecule has 0 aromatic heterocycles. The lowest BCUT2D eigenvalue weighted by Gasteiger charge is -2.29. The smallest absolute Gasteiger partial charge is 0.224 e. The van der Waals surface area contributed by atoms with Crippen molar-refractivity contribution in [1.29, 1.82) is 0 Å². The van der Waals surface area contributed by atoms with Gasteiger partial charge in [-0.25, -0.2) is 0 Å². The highest BCUT2D eigenvalue weighted by atomic mass is 35.5. The summed E-state index contributed by atoms with van der Waals surface area (Å²) in [6.07, 6.45) is 2.65. The molecule has 28 heavy (non-hydrogen) atoms. The fourth-order valence-corrected chi connectivity index (χ4v) is 3.95. The summed E-state index contributed by atoms with van der Waals surface area (Å²) in [4.78, 5) is 15.0. The number of benzene rings is 2. The molecule has 1 fully saturated rings. The van der Waals surface area contributed by atoms with Crippen LogP contribution in [0.2, 0.25) is 5.02 Å². The first-order valence-electron chi connectivity index (χ1n) is 9.58. The molecule has 1 saturated heterocycles. The van der Waals surface area contributed by atoms with E-state index in [9.17, 15) is 4.79 Å². The summed E-state index contributed by atoms with van der Waals surface area (Å²) in [6, 6.07) is 13.5. The minimum absolute atomic E-state index is 0.0246. The number of carbonyl (C=O) groups is 1. The molecule has 3 rings (SSSR count). The van der Waals surface area contributed by atoms with Gasteiger partial charge >= 0.3 is 0 Å². The zero-order chi connectivity index (χ0) is 19.9. The van der Waals surface area contributed by atoms with Crippen molar-refractivity contribution >= 4 is 17.5 Å². The highest BCUT2D eigenvalue weighted by molar-refractivity contribution is 6.31. The summed E-state index contributed by atoms with van der Waals surface area (Å²) < 4.78 is 10.6. The summed E-state index contributed by atoms with van der Waals surface area (Å²) >= 11 is 6.44. The van der Waals surface area contributed by atoms with Gasteiger partial charge in [0, 0.05) is 11.6 Å². The molecule has 0 saturated carbocycles. The van der Waals surface area contributed by atoms with Gasteiger partial charge in [0.05, 0.1) is 26.7 Å². The van der Waals surface area contributed by atoms with Gasteiger partial charge in [0.25, 0.3) is 0 Å². The van der Waals surface area contributed by atoms with Crippen LogP contribution in [0.15, 0.2) is 42.5 Å². The number of amides is 1. The van der Waals surface area contributed by atoms with E-state index in [-0.39, 0.29) is 18.4 Å². The number of halogens is 1. The van der Waals surface area contributed by atoms with Crippen molar-refractivity contribution in [2.45, 2.75) is 25.3 Å². The second-order valence-electron chi connectivity index (χ2n) is 6.95. The van der Waals surface area contributed by atoms with E-state index in [4.69, 9.17) is 21.1 Å². The van der Waals surface area contributed by atoms with Gasteiger partial charge in [-0.05, 0) is 55.3 Å². The number of carbonyl (C=O) groups excluding carboxylic acids is 1. The van der Waals surface area contributed by atoms with Crippen LogP contribution in [-0.2, 0) is 11.2 Å². The van der Waals surface area contributed by atoms with Gasteiger partial charge < -0.3 is 14.8 Å². The molecular formula is C22H27ClN2O3. The third-order valence-corrected chi connectivity index (χ3v) is 5.50. The first kappa shape index (κ1) is 20.5. The fraction of sp³-hybridized carbons (Fsp3) is 0.409. The number of hydrogen-bond donors (Lipinski definition) is 1. The Hall–Kier alpha value is -2.24. The quantitative estimate of drug-likeness (QED) is 0.728. The van der Waals surface area contributed by atoms with E-state index in [0.29, 0.717) is 18.0 Å². The van der Waals surface area contributed by atoms with Crippen LogP contribution in [0.25, 0.3) is 0 Å². The number of hydrogen-bond acceptors (Lipinski definition) is 4. The zero-order valence-corrected chi connectivity index (χ0v) is 17.2. The SMILES string of the molecule is COc1ccc(CC(=O)NCC(c2ccccc2Cl)N2CCCC2)cc1OC. The van der Waals surface area contributed by atoms with E-state index in [0.717, 1.165) is 29.2 Å². The van der Waals surface area contributed by atoms with E-state index in [1.807, 2.05) is 42.5 Å². The average molecular weight is 403 g/mol. The molecule has 0 aliphatic carbocycles. The maximum absolute atomic E-state index is 12.6. The topological polar surface area (TPSA) is 50.8 Å². The van der Waals surface area contributed by atoms with Crippen molar-refractivity contribution in [3.05, 3.63) is 58.6 Å². The lowest BCUT2D eigenvalue weighted by Crippen LogP contribution is -2.37. The summed E-state index contributed by atoms with van der Waals surface area (Å²) in [5.74, 6) is 1.25. The number of ether oxygens (including phenoxy) is 2. The summed E-state index contributed by atoms with van der Waals surface area (Å²) in [7, 11) is 3.18. The molecule has 1 amide bonds. The molecule has 6 heteroatoms. The molecule has 2 aromatic rings. The van der Waals surface area contributed by atoms with Gasteiger partial charge in [0.2, 0.25) is 5.91 Å². The number of nitrogens with zero attached hydrogens (tertiary/aromatic N) is 1. The molecule has 0 radical (unpaired) electrons. The van der Waals surface area contributed by atoms with E-state index >= 15 is 0 Å². The van der Waals surface area contributed by atoms with Gasteiger partial charge in [-0.15, -0.1) is 0 Å². The van der Waals surface area contributed by atoms with Crippen LogP contribution in [0.1, 0.15) is 30.0 Å². The zero-order valence-electron chi connectivity index (χ0n) is 16.4. The molecule has 1 unspecified atom stereocenters. The lowest BCUT2D eigenvalue weighted by molar-refractivity contribution is -0.120. The Morgan fingerprint density at radius 1 is 1.11 bits per heavy atom. The van der Waals surface area contributed by atoms with Gasteiger partial charge in [0.1, 0.15) is 0 Å². The molecule has 150 valence electrons. The minimum atomic E-state index is -0.0246. The normalized spacial score (nSPS) is 15.2. The molecule has 1 heterocycles.